The summed E-state index contributed by atoms with van der Waals surface area (Å²) in [5, 5.41) is 8.88. The number of esters is 1. The van der Waals surface area contributed by atoms with Gasteiger partial charge in [0.2, 0.25) is 23.6 Å². The Bertz CT molecular complexity index is 1330. The topological polar surface area (TPSA) is 156 Å². The Morgan fingerprint density at radius 1 is 0.887 bits per heavy atom. The van der Waals surface area contributed by atoms with E-state index in [1.807, 2.05) is 71.9 Å². The first kappa shape index (κ1) is 45.6. The zero-order valence-corrected chi connectivity index (χ0v) is 34.1. The fourth-order valence-corrected chi connectivity index (χ4v) is 7.54. The van der Waals surface area contributed by atoms with Gasteiger partial charge in [-0.1, -0.05) is 85.2 Å². The Hall–Kier alpha value is -3.55. The largest absolute Gasteiger partial charge is 0.467 e. The quantitative estimate of drug-likeness (QED) is 0.161. The van der Waals surface area contributed by atoms with Gasteiger partial charge in [0.15, 0.2) is 0 Å². The van der Waals surface area contributed by atoms with Gasteiger partial charge < -0.3 is 40.0 Å². The molecule has 300 valence electrons. The van der Waals surface area contributed by atoms with Crippen LogP contribution in [0.15, 0.2) is 30.3 Å². The van der Waals surface area contributed by atoms with Crippen LogP contribution in [-0.2, 0) is 44.6 Å². The minimum absolute atomic E-state index is 0.00596. The Kier molecular flexibility index (Phi) is 18.9. The minimum Gasteiger partial charge on any atom is -0.467 e. The number of nitrogens with zero attached hydrogens (tertiary/aromatic N) is 2. The molecule has 0 saturated carbocycles. The predicted octanol–water partition coefficient (Wildman–Crippen LogP) is 3.19. The van der Waals surface area contributed by atoms with Crippen molar-refractivity contribution in [1.29, 1.82) is 0 Å². The van der Waals surface area contributed by atoms with Gasteiger partial charge in [-0.3, -0.25) is 19.2 Å². The van der Waals surface area contributed by atoms with E-state index < -0.39 is 48.3 Å². The summed E-state index contributed by atoms with van der Waals surface area (Å²) < 4.78 is 16.9. The van der Waals surface area contributed by atoms with Gasteiger partial charge in [0.05, 0.1) is 49.8 Å². The van der Waals surface area contributed by atoms with Gasteiger partial charge in [-0.2, -0.15) is 0 Å². The van der Waals surface area contributed by atoms with E-state index in [1.54, 1.807) is 37.9 Å². The summed E-state index contributed by atoms with van der Waals surface area (Å²) in [6.45, 7) is 14.0. The molecule has 1 aromatic rings. The maximum atomic E-state index is 14.2. The Morgan fingerprint density at radius 3 is 2.02 bits per heavy atom. The molecule has 1 heterocycles. The molecule has 1 aromatic carbocycles. The van der Waals surface area contributed by atoms with Gasteiger partial charge in [0.1, 0.15) is 12.1 Å². The fourth-order valence-electron chi connectivity index (χ4n) is 7.54. The highest BCUT2D eigenvalue weighted by Gasteiger charge is 2.43. The fraction of sp³-hybridized carbons (Fsp3) is 0.725. The number of carbonyl (C=O) groups is 5. The third-order valence-corrected chi connectivity index (χ3v) is 10.8. The summed E-state index contributed by atoms with van der Waals surface area (Å²) in [6.07, 6.45) is 1.08. The van der Waals surface area contributed by atoms with Gasteiger partial charge in [0, 0.05) is 34.2 Å². The normalized spacial score (nSPS) is 19.1. The number of ether oxygens (including phenoxy) is 3. The smallest absolute Gasteiger partial charge is 0.328 e. The molecule has 2 rings (SSSR count). The number of methoxy groups -OCH3 is 3. The second-order valence-electron chi connectivity index (χ2n) is 15.1. The number of likely N-dealkylation sites (tertiary alicyclic amines) is 1. The molecule has 13 heteroatoms. The van der Waals surface area contributed by atoms with Crippen LogP contribution in [0.2, 0.25) is 0 Å². The maximum Gasteiger partial charge on any atom is 0.328 e. The molecule has 0 aromatic heterocycles. The van der Waals surface area contributed by atoms with Crippen LogP contribution in [-0.4, -0.2) is 124 Å². The summed E-state index contributed by atoms with van der Waals surface area (Å²) in [5.74, 6) is -2.47. The molecular formula is C40H67N5O8. The van der Waals surface area contributed by atoms with E-state index in [0.29, 0.717) is 13.0 Å². The second kappa shape index (κ2) is 22.0. The lowest BCUT2D eigenvalue weighted by Crippen LogP contribution is -2.59. The molecule has 1 aliphatic rings. The maximum absolute atomic E-state index is 14.2. The SMILES string of the molecule is CCC(C)C(C(CC(=O)N1CCC[C@H]1C(OC)[C@@H](C)C(=O)NC(Cc1ccccc1)C(=O)OC)OC)N(C)C(=O)[C@@H](NC(=O)[C@@H](NC)C(C)C)C(C)C. The molecule has 53 heavy (non-hydrogen) atoms. The number of amides is 4. The third-order valence-electron chi connectivity index (χ3n) is 10.8. The van der Waals surface area contributed by atoms with Crippen LogP contribution in [0.3, 0.4) is 0 Å². The second-order valence-corrected chi connectivity index (χ2v) is 15.1. The number of nitrogens with one attached hydrogen (secondary N) is 3. The van der Waals surface area contributed by atoms with Crippen molar-refractivity contribution in [3.63, 3.8) is 0 Å². The Morgan fingerprint density at radius 2 is 1.51 bits per heavy atom. The molecule has 5 unspecified atom stereocenters. The van der Waals surface area contributed by atoms with Gasteiger partial charge in [-0.05, 0) is 43.2 Å². The number of hydrogen-bond donors (Lipinski definition) is 3. The third kappa shape index (κ3) is 12.2. The zero-order chi connectivity index (χ0) is 40.0. The van der Waals surface area contributed by atoms with E-state index in [9.17, 15) is 24.0 Å². The van der Waals surface area contributed by atoms with E-state index in [-0.39, 0.29) is 60.3 Å². The number of carbonyl (C=O) groups excluding carboxylic acids is 5. The Balaban J connectivity index is 2.27. The van der Waals surface area contributed by atoms with Crippen molar-refractivity contribution in [2.24, 2.45) is 23.7 Å². The number of rotatable bonds is 21. The van der Waals surface area contributed by atoms with Crippen molar-refractivity contribution < 1.29 is 38.2 Å². The number of benzene rings is 1. The van der Waals surface area contributed by atoms with E-state index in [1.165, 1.54) is 14.2 Å². The van der Waals surface area contributed by atoms with Crippen molar-refractivity contribution >= 4 is 29.6 Å². The minimum atomic E-state index is -0.889. The zero-order valence-electron chi connectivity index (χ0n) is 34.1. The van der Waals surface area contributed by atoms with Crippen molar-refractivity contribution in [3.05, 3.63) is 35.9 Å². The molecule has 9 atom stereocenters. The predicted molar refractivity (Wildman–Crippen MR) is 205 cm³/mol. The highest BCUT2D eigenvalue weighted by molar-refractivity contribution is 5.90. The lowest BCUT2D eigenvalue weighted by molar-refractivity contribution is -0.148. The highest BCUT2D eigenvalue weighted by atomic mass is 16.5. The highest BCUT2D eigenvalue weighted by Crippen LogP contribution is 2.30. The van der Waals surface area contributed by atoms with Crippen LogP contribution in [0.5, 0.6) is 0 Å². The molecule has 13 nitrogen and oxygen atoms in total. The van der Waals surface area contributed by atoms with Crippen LogP contribution in [0.25, 0.3) is 0 Å². The standard InChI is InChI=1S/C40H67N5O8/c1-13-26(6)35(44(9)39(49)34(25(4)5)43-38(48)33(41-8)24(2)3)31(51-10)23-32(46)45-21-17-20-30(45)36(52-11)27(7)37(47)42-29(40(50)53-12)22-28-18-15-14-16-19-28/h14-16,18-19,24-27,29-31,33-36,41H,13,17,20-23H2,1-12H3,(H,42,47)(H,43,48)/t26?,27-,29?,30+,31?,33+,34+,35?,36?/m1/s1. The van der Waals surface area contributed by atoms with Crippen molar-refractivity contribution in [2.75, 3.05) is 42.0 Å². The molecule has 0 aliphatic carbocycles. The molecule has 1 aliphatic heterocycles. The summed E-state index contributed by atoms with van der Waals surface area (Å²) in [7, 11) is 7.81. The van der Waals surface area contributed by atoms with E-state index in [4.69, 9.17) is 14.2 Å². The van der Waals surface area contributed by atoms with Gasteiger partial charge >= 0.3 is 5.97 Å². The first-order valence-corrected chi connectivity index (χ1v) is 19.1. The van der Waals surface area contributed by atoms with Crippen LogP contribution >= 0.6 is 0 Å². The molecule has 3 N–H and O–H groups in total. The Labute approximate surface area is 317 Å². The van der Waals surface area contributed by atoms with Crippen LogP contribution < -0.4 is 16.0 Å². The molecule has 1 saturated heterocycles. The van der Waals surface area contributed by atoms with E-state index in [0.717, 1.165) is 18.4 Å². The van der Waals surface area contributed by atoms with Gasteiger partial charge in [-0.25, -0.2) is 4.79 Å². The van der Waals surface area contributed by atoms with Gasteiger partial charge in [-0.15, -0.1) is 0 Å². The van der Waals surface area contributed by atoms with E-state index >= 15 is 0 Å². The summed E-state index contributed by atoms with van der Waals surface area (Å²) >= 11 is 0. The number of hydrogen-bond acceptors (Lipinski definition) is 9. The van der Waals surface area contributed by atoms with Crippen molar-refractivity contribution in [2.45, 2.75) is 123 Å². The monoisotopic (exact) mass is 745 g/mol. The molecule has 0 bridgehead atoms. The average molecular weight is 746 g/mol. The first-order chi connectivity index (χ1) is 25.1. The van der Waals surface area contributed by atoms with Crippen molar-refractivity contribution in [3.8, 4) is 0 Å². The summed E-state index contributed by atoms with van der Waals surface area (Å²) in [6, 6.07) is 6.41. The van der Waals surface area contributed by atoms with E-state index in [2.05, 4.69) is 16.0 Å². The molecule has 1 fully saturated rings. The summed E-state index contributed by atoms with van der Waals surface area (Å²) in [5.41, 5.74) is 0.875. The van der Waals surface area contributed by atoms with Crippen LogP contribution in [0.4, 0.5) is 0 Å². The number of likely N-dealkylation sites (N-methyl/N-ethyl adjacent to an activating group) is 2. The molecule has 0 radical (unpaired) electrons. The lowest BCUT2D eigenvalue weighted by atomic mass is 9.89. The average Bonchev–Trinajstić information content (AvgIpc) is 3.62. The first-order valence-electron chi connectivity index (χ1n) is 19.1. The molecular weight excluding hydrogens is 678 g/mol. The lowest BCUT2D eigenvalue weighted by Gasteiger charge is -2.41. The van der Waals surface area contributed by atoms with Gasteiger partial charge in [0.25, 0.3) is 0 Å². The van der Waals surface area contributed by atoms with Crippen LogP contribution in [0, 0.1) is 23.7 Å². The van der Waals surface area contributed by atoms with Crippen LogP contribution in [0.1, 0.15) is 79.7 Å². The summed E-state index contributed by atoms with van der Waals surface area (Å²) in [4.78, 5) is 71.2. The molecule has 0 spiro atoms. The van der Waals surface area contributed by atoms with Crippen molar-refractivity contribution in [1.82, 2.24) is 25.8 Å². The molecule has 4 amide bonds.